The van der Waals surface area contributed by atoms with Gasteiger partial charge in [0.15, 0.2) is 0 Å². The molecule has 0 atom stereocenters. The van der Waals surface area contributed by atoms with Crippen molar-refractivity contribution in [2.24, 2.45) is 5.73 Å². The third kappa shape index (κ3) is 4.82. The molecule has 0 aromatic heterocycles. The molecule has 3 N–H and O–H groups in total. The van der Waals surface area contributed by atoms with Gasteiger partial charge in [0, 0.05) is 32.7 Å². The molecule has 1 amide bonds. The van der Waals surface area contributed by atoms with Crippen LogP contribution in [0.1, 0.15) is 0 Å². The van der Waals surface area contributed by atoms with E-state index in [9.17, 15) is 4.79 Å². The molecule has 76 valence electrons. The van der Waals surface area contributed by atoms with Crippen LogP contribution in [0.15, 0.2) is 0 Å². The molecule has 0 radical (unpaired) electrons. The van der Waals surface area contributed by atoms with Gasteiger partial charge in [-0.25, -0.2) is 0 Å². The molecule has 0 unspecified atom stereocenters. The average Bonchev–Trinajstić information content (AvgIpc) is 2.14. The SMILES string of the molecule is NC(=O)COCCN1CCNCC1. The second-order valence-electron chi connectivity index (χ2n) is 3.11. The molecule has 1 heterocycles. The van der Waals surface area contributed by atoms with Crippen molar-refractivity contribution >= 4 is 5.91 Å². The monoisotopic (exact) mass is 187 g/mol. The molecule has 1 rings (SSSR count). The van der Waals surface area contributed by atoms with E-state index in [-0.39, 0.29) is 6.61 Å². The molecule has 0 aromatic carbocycles. The number of rotatable bonds is 5. The van der Waals surface area contributed by atoms with Crippen LogP contribution < -0.4 is 11.1 Å². The summed E-state index contributed by atoms with van der Waals surface area (Å²) in [7, 11) is 0. The van der Waals surface area contributed by atoms with Crippen molar-refractivity contribution in [1.29, 1.82) is 0 Å². The number of amides is 1. The summed E-state index contributed by atoms with van der Waals surface area (Å²) in [6.45, 7) is 5.69. The number of ether oxygens (including phenoxy) is 1. The van der Waals surface area contributed by atoms with Gasteiger partial charge in [-0.1, -0.05) is 0 Å². The number of carbonyl (C=O) groups excluding carboxylic acids is 1. The highest BCUT2D eigenvalue weighted by Crippen LogP contribution is 1.91. The zero-order chi connectivity index (χ0) is 9.52. The van der Waals surface area contributed by atoms with Gasteiger partial charge >= 0.3 is 0 Å². The van der Waals surface area contributed by atoms with Gasteiger partial charge in [0.25, 0.3) is 0 Å². The Hall–Kier alpha value is -0.650. The standard InChI is InChI=1S/C8H17N3O2/c9-8(12)7-13-6-5-11-3-1-10-2-4-11/h10H,1-7H2,(H2,9,12). The fourth-order valence-electron chi connectivity index (χ4n) is 1.30. The predicted molar refractivity (Wildman–Crippen MR) is 49.3 cm³/mol. The lowest BCUT2D eigenvalue weighted by atomic mass is 10.4. The summed E-state index contributed by atoms with van der Waals surface area (Å²) in [5.41, 5.74) is 4.92. The maximum Gasteiger partial charge on any atom is 0.243 e. The molecule has 1 aliphatic heterocycles. The number of nitrogens with zero attached hydrogens (tertiary/aromatic N) is 1. The molecule has 5 heteroatoms. The summed E-state index contributed by atoms with van der Waals surface area (Å²) in [6, 6.07) is 0. The molecular formula is C8H17N3O2. The summed E-state index contributed by atoms with van der Waals surface area (Å²) < 4.78 is 5.06. The van der Waals surface area contributed by atoms with Crippen LogP contribution in [0.4, 0.5) is 0 Å². The van der Waals surface area contributed by atoms with Crippen molar-refractivity contribution in [3.05, 3.63) is 0 Å². The lowest BCUT2D eigenvalue weighted by Crippen LogP contribution is -2.44. The number of nitrogens with one attached hydrogen (secondary N) is 1. The van der Waals surface area contributed by atoms with E-state index in [1.807, 2.05) is 0 Å². The van der Waals surface area contributed by atoms with Gasteiger partial charge in [-0.05, 0) is 0 Å². The molecule has 0 saturated carbocycles. The van der Waals surface area contributed by atoms with E-state index in [0.717, 1.165) is 32.7 Å². The third-order valence-corrected chi connectivity index (χ3v) is 2.01. The van der Waals surface area contributed by atoms with Gasteiger partial charge in [0.1, 0.15) is 6.61 Å². The first kappa shape index (κ1) is 10.4. The minimum Gasteiger partial charge on any atom is -0.370 e. The lowest BCUT2D eigenvalue weighted by Gasteiger charge is -2.26. The van der Waals surface area contributed by atoms with Gasteiger partial charge in [0.2, 0.25) is 5.91 Å². The first-order valence-electron chi connectivity index (χ1n) is 4.58. The number of hydrogen-bond donors (Lipinski definition) is 2. The molecule has 0 aromatic rings. The number of primary amides is 1. The molecule has 0 bridgehead atoms. The fourth-order valence-corrected chi connectivity index (χ4v) is 1.30. The lowest BCUT2D eigenvalue weighted by molar-refractivity contribution is -0.122. The highest BCUT2D eigenvalue weighted by Gasteiger charge is 2.08. The van der Waals surface area contributed by atoms with Gasteiger partial charge in [-0.2, -0.15) is 0 Å². The van der Waals surface area contributed by atoms with Crippen LogP contribution in [-0.4, -0.2) is 56.7 Å². The maximum absolute atomic E-state index is 10.3. The van der Waals surface area contributed by atoms with Crippen molar-refractivity contribution in [3.63, 3.8) is 0 Å². The van der Waals surface area contributed by atoms with Gasteiger partial charge in [-0.3, -0.25) is 9.69 Å². The highest BCUT2D eigenvalue weighted by molar-refractivity contribution is 5.74. The summed E-state index contributed by atoms with van der Waals surface area (Å²) in [5.74, 6) is -0.402. The van der Waals surface area contributed by atoms with Crippen LogP contribution >= 0.6 is 0 Å². The van der Waals surface area contributed by atoms with Crippen LogP contribution in [0.5, 0.6) is 0 Å². The van der Waals surface area contributed by atoms with Crippen molar-refractivity contribution in [2.75, 3.05) is 45.9 Å². The summed E-state index contributed by atoms with van der Waals surface area (Å²) in [5, 5.41) is 3.27. The number of piperazine rings is 1. The largest absolute Gasteiger partial charge is 0.370 e. The normalized spacial score (nSPS) is 18.8. The molecule has 1 fully saturated rings. The second kappa shape index (κ2) is 5.90. The Bertz CT molecular complexity index is 157. The highest BCUT2D eigenvalue weighted by atomic mass is 16.5. The van der Waals surface area contributed by atoms with E-state index < -0.39 is 5.91 Å². The second-order valence-corrected chi connectivity index (χ2v) is 3.11. The summed E-state index contributed by atoms with van der Waals surface area (Å²) in [6.07, 6.45) is 0. The molecule has 0 spiro atoms. The molecule has 13 heavy (non-hydrogen) atoms. The van der Waals surface area contributed by atoms with E-state index in [1.54, 1.807) is 0 Å². The fraction of sp³-hybridized carbons (Fsp3) is 0.875. The maximum atomic E-state index is 10.3. The first-order valence-corrected chi connectivity index (χ1v) is 4.58. The molecular weight excluding hydrogens is 170 g/mol. The van der Waals surface area contributed by atoms with Crippen LogP contribution in [0.25, 0.3) is 0 Å². The van der Waals surface area contributed by atoms with Crippen LogP contribution in [0, 0.1) is 0 Å². The minimum absolute atomic E-state index is 0.0338. The molecule has 0 aliphatic carbocycles. The smallest absolute Gasteiger partial charge is 0.243 e. The first-order chi connectivity index (χ1) is 6.29. The Kier molecular flexibility index (Phi) is 4.74. The van der Waals surface area contributed by atoms with E-state index in [1.165, 1.54) is 0 Å². The van der Waals surface area contributed by atoms with Crippen LogP contribution in [-0.2, 0) is 9.53 Å². The summed E-state index contributed by atoms with van der Waals surface area (Å²) >= 11 is 0. The third-order valence-electron chi connectivity index (χ3n) is 2.01. The van der Waals surface area contributed by atoms with E-state index in [4.69, 9.17) is 10.5 Å². The Labute approximate surface area is 78.2 Å². The van der Waals surface area contributed by atoms with Crippen LogP contribution in [0.2, 0.25) is 0 Å². The van der Waals surface area contributed by atoms with Crippen molar-refractivity contribution in [3.8, 4) is 0 Å². The molecule has 5 nitrogen and oxygen atoms in total. The summed E-state index contributed by atoms with van der Waals surface area (Å²) in [4.78, 5) is 12.6. The Morgan fingerprint density at radius 1 is 1.46 bits per heavy atom. The van der Waals surface area contributed by atoms with E-state index >= 15 is 0 Å². The van der Waals surface area contributed by atoms with Crippen molar-refractivity contribution < 1.29 is 9.53 Å². The Morgan fingerprint density at radius 2 is 2.15 bits per heavy atom. The van der Waals surface area contributed by atoms with Crippen molar-refractivity contribution in [2.45, 2.75) is 0 Å². The predicted octanol–water partition coefficient (Wildman–Crippen LogP) is -1.61. The van der Waals surface area contributed by atoms with Gasteiger partial charge in [-0.15, -0.1) is 0 Å². The van der Waals surface area contributed by atoms with E-state index in [0.29, 0.717) is 6.61 Å². The Balaban J connectivity index is 1.95. The zero-order valence-corrected chi connectivity index (χ0v) is 7.79. The quantitative estimate of drug-likeness (QED) is 0.508. The number of carbonyl (C=O) groups is 1. The minimum atomic E-state index is -0.402. The van der Waals surface area contributed by atoms with Crippen molar-refractivity contribution in [1.82, 2.24) is 10.2 Å². The number of hydrogen-bond acceptors (Lipinski definition) is 4. The zero-order valence-electron chi connectivity index (χ0n) is 7.79. The molecule has 1 saturated heterocycles. The molecule has 1 aliphatic rings. The number of nitrogens with two attached hydrogens (primary N) is 1. The van der Waals surface area contributed by atoms with E-state index in [2.05, 4.69) is 10.2 Å². The van der Waals surface area contributed by atoms with Gasteiger partial charge in [0.05, 0.1) is 6.61 Å². The van der Waals surface area contributed by atoms with Gasteiger partial charge < -0.3 is 15.8 Å². The van der Waals surface area contributed by atoms with Crippen LogP contribution in [0.3, 0.4) is 0 Å². The Morgan fingerprint density at radius 3 is 2.77 bits per heavy atom. The topological polar surface area (TPSA) is 67.6 Å². The average molecular weight is 187 g/mol.